The molecule has 0 saturated carbocycles. The van der Waals surface area contributed by atoms with E-state index in [2.05, 4.69) is 21.0 Å². The van der Waals surface area contributed by atoms with E-state index in [1.165, 1.54) is 75.4 Å². The van der Waals surface area contributed by atoms with Crippen LogP contribution in [0.1, 0.15) is 64.7 Å². The first-order valence-corrected chi connectivity index (χ1v) is 8.04. The van der Waals surface area contributed by atoms with Crippen molar-refractivity contribution in [3.63, 3.8) is 0 Å². The maximum Gasteiger partial charge on any atom is 0.0782 e. The van der Waals surface area contributed by atoms with Gasteiger partial charge in [-0.25, -0.2) is 0 Å². The van der Waals surface area contributed by atoms with Crippen LogP contribution in [0.15, 0.2) is 0 Å². The van der Waals surface area contributed by atoms with Crippen LogP contribution >= 0.6 is 11.6 Å². The fraction of sp³-hybridized carbons (Fsp3) is 1.00. The number of nitrogens with zero attached hydrogens (tertiary/aromatic N) is 1. The maximum absolute atomic E-state index is 5.71. The largest absolute Gasteiger partial charge is 1.00 e. The Balaban J connectivity index is 0. The summed E-state index contributed by atoms with van der Waals surface area (Å²) in [5.74, 6) is 0.817. The average Bonchev–Trinajstić information content (AvgIpc) is 2.28. The van der Waals surface area contributed by atoms with Crippen molar-refractivity contribution in [1.82, 2.24) is 0 Å². The number of unbranched alkanes of at least 4 members (excludes halogenated alkanes) is 7. The maximum atomic E-state index is 5.71. The van der Waals surface area contributed by atoms with Gasteiger partial charge in [0.15, 0.2) is 0 Å². The van der Waals surface area contributed by atoms with Crippen molar-refractivity contribution in [1.29, 1.82) is 0 Å². The Morgan fingerprint density at radius 3 is 1.67 bits per heavy atom. The summed E-state index contributed by atoms with van der Waals surface area (Å²) >= 11 is 5.71. The molecule has 18 heavy (non-hydrogen) atoms. The molecule has 0 heterocycles. The Hall–Kier alpha value is 0.540. The lowest BCUT2D eigenvalue weighted by molar-refractivity contribution is -0.890. The first-order chi connectivity index (χ1) is 8.12. The highest BCUT2D eigenvalue weighted by molar-refractivity contribution is 6.17. The molecule has 0 aromatic heterocycles. The lowest BCUT2D eigenvalue weighted by Crippen LogP contribution is -3.00. The van der Waals surface area contributed by atoms with Gasteiger partial charge in [-0.05, 0) is 25.7 Å². The highest BCUT2D eigenvalue weighted by atomic mass is 35.5. The van der Waals surface area contributed by atoms with E-state index in [0.717, 1.165) is 5.88 Å². The van der Waals surface area contributed by atoms with Gasteiger partial charge < -0.3 is 16.9 Å². The van der Waals surface area contributed by atoms with Gasteiger partial charge in [-0.2, -0.15) is 0 Å². The molecule has 0 unspecified atom stereocenters. The quantitative estimate of drug-likeness (QED) is 0.293. The van der Waals surface area contributed by atoms with Crippen molar-refractivity contribution in [2.75, 3.05) is 33.1 Å². The van der Waals surface area contributed by atoms with Crippen molar-refractivity contribution in [3.05, 3.63) is 0 Å². The average molecular weight is 298 g/mol. The number of hydrogen-bond donors (Lipinski definition) is 0. The fourth-order valence-corrected chi connectivity index (χ4v) is 2.43. The zero-order valence-electron chi connectivity index (χ0n) is 12.7. The molecule has 0 aromatic carbocycles. The topological polar surface area (TPSA) is 0 Å². The minimum Gasteiger partial charge on any atom is -1.00 e. The Kier molecular flexibility index (Phi) is 16.2. The number of alkyl halides is 1. The third-order valence-corrected chi connectivity index (χ3v) is 3.78. The first kappa shape index (κ1) is 20.8. The second kappa shape index (κ2) is 14.0. The predicted octanol–water partition coefficient (Wildman–Crippen LogP) is 1.84. The smallest absolute Gasteiger partial charge is 0.0782 e. The molecule has 0 saturated heterocycles. The summed E-state index contributed by atoms with van der Waals surface area (Å²) in [7, 11) is 4.70. The molecule has 0 N–H and O–H groups in total. The molecule has 0 atom stereocenters. The van der Waals surface area contributed by atoms with E-state index in [0.29, 0.717) is 0 Å². The summed E-state index contributed by atoms with van der Waals surface area (Å²) in [6, 6.07) is 0. The van der Waals surface area contributed by atoms with Crippen LogP contribution in [0.2, 0.25) is 0 Å². The molecular formula is C15H33Cl2N. The fourth-order valence-electron chi connectivity index (χ4n) is 2.24. The van der Waals surface area contributed by atoms with E-state index in [4.69, 9.17) is 11.6 Å². The number of halogens is 2. The van der Waals surface area contributed by atoms with Gasteiger partial charge in [0.2, 0.25) is 0 Å². The van der Waals surface area contributed by atoms with Crippen molar-refractivity contribution in [2.45, 2.75) is 64.7 Å². The van der Waals surface area contributed by atoms with Gasteiger partial charge in [0.1, 0.15) is 0 Å². The molecule has 0 radical (unpaired) electrons. The molecule has 0 aromatic rings. The minimum absolute atomic E-state index is 0. The monoisotopic (exact) mass is 297 g/mol. The van der Waals surface area contributed by atoms with Crippen molar-refractivity contribution in [3.8, 4) is 0 Å². The molecule has 3 heteroatoms. The number of quaternary nitrogens is 1. The van der Waals surface area contributed by atoms with Gasteiger partial charge in [0.05, 0.1) is 27.2 Å². The molecule has 112 valence electrons. The minimum atomic E-state index is 0. The van der Waals surface area contributed by atoms with Crippen LogP contribution in [0.3, 0.4) is 0 Å². The van der Waals surface area contributed by atoms with Crippen molar-refractivity contribution >= 4 is 11.6 Å². The lowest BCUT2D eigenvalue weighted by atomic mass is 10.1. The number of hydrogen-bond acceptors (Lipinski definition) is 0. The second-order valence-corrected chi connectivity index (χ2v) is 6.28. The Morgan fingerprint density at radius 2 is 1.17 bits per heavy atom. The molecule has 0 aliphatic heterocycles. The van der Waals surface area contributed by atoms with E-state index >= 15 is 0 Å². The zero-order chi connectivity index (χ0) is 13.0. The molecule has 1 nitrogen and oxygen atoms in total. The highest BCUT2D eigenvalue weighted by Gasteiger charge is 2.13. The van der Waals surface area contributed by atoms with Crippen LogP contribution in [0.25, 0.3) is 0 Å². The Bertz CT molecular complexity index is 161. The standard InChI is InChI=1S/C15H33ClN.ClH/c1-4-5-6-7-8-9-11-14-17(2,3)15-12-10-13-16;/h4-15H2,1-3H3;1H/q+1;/p-1. The predicted molar refractivity (Wildman–Crippen MR) is 79.8 cm³/mol. The molecule has 0 amide bonds. The zero-order valence-corrected chi connectivity index (χ0v) is 14.2. The normalized spacial score (nSPS) is 11.3. The summed E-state index contributed by atoms with van der Waals surface area (Å²) in [5, 5.41) is 0. The molecule has 0 aliphatic rings. The highest BCUT2D eigenvalue weighted by Crippen LogP contribution is 2.10. The van der Waals surface area contributed by atoms with Gasteiger partial charge in [0.25, 0.3) is 0 Å². The van der Waals surface area contributed by atoms with Gasteiger partial charge in [-0.1, -0.05) is 39.0 Å². The summed E-state index contributed by atoms with van der Waals surface area (Å²) in [5.41, 5.74) is 0. The second-order valence-electron chi connectivity index (χ2n) is 5.90. The van der Waals surface area contributed by atoms with Gasteiger partial charge in [-0.15, -0.1) is 11.6 Å². The van der Waals surface area contributed by atoms with Crippen LogP contribution in [-0.4, -0.2) is 37.5 Å². The molecule has 0 rings (SSSR count). The lowest BCUT2D eigenvalue weighted by Gasteiger charge is -2.29. The van der Waals surface area contributed by atoms with E-state index in [9.17, 15) is 0 Å². The van der Waals surface area contributed by atoms with Gasteiger partial charge >= 0.3 is 0 Å². The van der Waals surface area contributed by atoms with Crippen LogP contribution in [0.4, 0.5) is 0 Å². The van der Waals surface area contributed by atoms with E-state index < -0.39 is 0 Å². The Labute approximate surface area is 126 Å². The van der Waals surface area contributed by atoms with E-state index in [-0.39, 0.29) is 12.4 Å². The molecule has 0 aliphatic carbocycles. The van der Waals surface area contributed by atoms with Gasteiger partial charge in [0, 0.05) is 5.88 Å². The molecular weight excluding hydrogens is 265 g/mol. The van der Waals surface area contributed by atoms with Crippen LogP contribution in [-0.2, 0) is 0 Å². The van der Waals surface area contributed by atoms with Gasteiger partial charge in [-0.3, -0.25) is 0 Å². The van der Waals surface area contributed by atoms with E-state index in [1.807, 2.05) is 0 Å². The Morgan fingerprint density at radius 1 is 0.722 bits per heavy atom. The van der Waals surface area contributed by atoms with E-state index in [1.54, 1.807) is 0 Å². The summed E-state index contributed by atoms with van der Waals surface area (Å²) in [6.45, 7) is 4.89. The molecule has 0 fully saturated rings. The summed E-state index contributed by atoms with van der Waals surface area (Å²) in [6.07, 6.45) is 12.3. The molecule has 0 spiro atoms. The van der Waals surface area contributed by atoms with Crippen LogP contribution in [0, 0.1) is 0 Å². The van der Waals surface area contributed by atoms with Crippen LogP contribution in [0.5, 0.6) is 0 Å². The number of rotatable bonds is 12. The first-order valence-electron chi connectivity index (χ1n) is 7.50. The SMILES string of the molecule is CCCCCCCCC[N+](C)(C)CCCCCl.[Cl-]. The van der Waals surface area contributed by atoms with Crippen molar-refractivity contribution in [2.24, 2.45) is 0 Å². The summed E-state index contributed by atoms with van der Waals surface area (Å²) in [4.78, 5) is 0. The van der Waals surface area contributed by atoms with Crippen LogP contribution < -0.4 is 12.4 Å². The molecule has 0 bridgehead atoms. The van der Waals surface area contributed by atoms with Crippen molar-refractivity contribution < 1.29 is 16.9 Å². The third kappa shape index (κ3) is 14.6. The summed E-state index contributed by atoms with van der Waals surface area (Å²) < 4.78 is 1.17. The third-order valence-electron chi connectivity index (χ3n) is 3.51.